The number of hydrogen-bond donors (Lipinski definition) is 1. The minimum absolute atomic E-state index is 0.139. The van der Waals surface area contributed by atoms with Gasteiger partial charge in [-0.25, -0.2) is 4.98 Å². The molecule has 0 aromatic carbocycles. The molecule has 0 saturated heterocycles. The Hall–Kier alpha value is -1.89. The van der Waals surface area contributed by atoms with Crippen LogP contribution in [0, 0.1) is 0 Å². The van der Waals surface area contributed by atoms with E-state index in [0.29, 0.717) is 24.5 Å². The average Bonchev–Trinajstić information content (AvgIpc) is 2.97. The van der Waals surface area contributed by atoms with Crippen LogP contribution >= 0.6 is 11.3 Å². The van der Waals surface area contributed by atoms with Gasteiger partial charge < -0.3 is 10.6 Å². The number of aromatic nitrogens is 3. The fourth-order valence-corrected chi connectivity index (χ4v) is 2.23. The number of aryl methyl sites for hydroxylation is 1. The summed E-state index contributed by atoms with van der Waals surface area (Å²) in [7, 11) is 1.73. The van der Waals surface area contributed by atoms with E-state index >= 15 is 0 Å². The number of anilines is 1. The lowest BCUT2D eigenvalue weighted by molar-refractivity contribution is 0.0772. The summed E-state index contributed by atoms with van der Waals surface area (Å²) in [6.07, 6.45) is 1.51. The van der Waals surface area contributed by atoms with Gasteiger partial charge in [-0.1, -0.05) is 0 Å². The smallest absolute Gasteiger partial charge is 0.274 e. The minimum atomic E-state index is -0.139. The van der Waals surface area contributed by atoms with Gasteiger partial charge in [-0.3, -0.25) is 9.48 Å². The maximum Gasteiger partial charge on any atom is 0.274 e. The van der Waals surface area contributed by atoms with Crippen LogP contribution in [0.5, 0.6) is 0 Å². The number of amides is 1. The molecule has 18 heavy (non-hydrogen) atoms. The van der Waals surface area contributed by atoms with Gasteiger partial charge in [0.15, 0.2) is 0 Å². The molecule has 0 saturated carbocycles. The zero-order valence-corrected chi connectivity index (χ0v) is 11.1. The first kappa shape index (κ1) is 12.6. The second-order valence-corrected chi connectivity index (χ2v) is 4.62. The largest absolute Gasteiger partial charge is 0.396 e. The summed E-state index contributed by atoms with van der Waals surface area (Å²) in [5, 5.41) is 5.99. The van der Waals surface area contributed by atoms with Crippen molar-refractivity contribution in [1.29, 1.82) is 0 Å². The molecule has 1 amide bonds. The molecule has 0 aliphatic carbocycles. The molecule has 2 rings (SSSR count). The van der Waals surface area contributed by atoms with Crippen molar-refractivity contribution in [3.8, 4) is 0 Å². The third-order valence-corrected chi connectivity index (χ3v) is 3.23. The van der Waals surface area contributed by atoms with Crippen molar-refractivity contribution in [3.63, 3.8) is 0 Å². The van der Waals surface area contributed by atoms with Crippen LogP contribution in [0.15, 0.2) is 17.1 Å². The van der Waals surface area contributed by atoms with Gasteiger partial charge in [0.2, 0.25) is 0 Å². The minimum Gasteiger partial charge on any atom is -0.396 e. The van der Waals surface area contributed by atoms with E-state index in [1.807, 2.05) is 12.3 Å². The third kappa shape index (κ3) is 2.35. The van der Waals surface area contributed by atoms with Crippen molar-refractivity contribution in [3.05, 3.63) is 28.5 Å². The molecule has 0 radical (unpaired) electrons. The highest BCUT2D eigenvalue weighted by molar-refractivity contribution is 7.07. The Morgan fingerprint density at radius 3 is 3.00 bits per heavy atom. The second-order valence-electron chi connectivity index (χ2n) is 3.91. The van der Waals surface area contributed by atoms with Crippen LogP contribution in [0.2, 0.25) is 0 Å². The summed E-state index contributed by atoms with van der Waals surface area (Å²) in [5.74, 6) is -0.139. The number of carbonyl (C=O) groups is 1. The molecule has 2 heterocycles. The summed E-state index contributed by atoms with van der Waals surface area (Å²) in [6.45, 7) is 3.00. The van der Waals surface area contributed by atoms with Gasteiger partial charge in [0.1, 0.15) is 5.69 Å². The Morgan fingerprint density at radius 1 is 1.61 bits per heavy atom. The highest BCUT2D eigenvalue weighted by atomic mass is 32.1. The van der Waals surface area contributed by atoms with Crippen molar-refractivity contribution in [1.82, 2.24) is 19.7 Å². The van der Waals surface area contributed by atoms with E-state index in [-0.39, 0.29) is 5.91 Å². The first-order valence-corrected chi connectivity index (χ1v) is 6.51. The molecular formula is C11H15N5OS. The average molecular weight is 265 g/mol. The van der Waals surface area contributed by atoms with Gasteiger partial charge in [-0.05, 0) is 6.92 Å². The zero-order chi connectivity index (χ0) is 13.1. The highest BCUT2D eigenvalue weighted by Crippen LogP contribution is 2.14. The van der Waals surface area contributed by atoms with E-state index < -0.39 is 0 Å². The molecule has 0 aliphatic rings. The van der Waals surface area contributed by atoms with Gasteiger partial charge in [0, 0.05) is 19.0 Å². The van der Waals surface area contributed by atoms with Gasteiger partial charge in [0.05, 0.1) is 29.6 Å². The molecule has 2 N–H and O–H groups in total. The van der Waals surface area contributed by atoms with Crippen molar-refractivity contribution in [2.45, 2.75) is 20.0 Å². The van der Waals surface area contributed by atoms with E-state index in [1.54, 1.807) is 22.1 Å². The van der Waals surface area contributed by atoms with E-state index in [9.17, 15) is 4.79 Å². The summed E-state index contributed by atoms with van der Waals surface area (Å²) in [6, 6.07) is 0. The Labute approximate surface area is 109 Å². The molecular weight excluding hydrogens is 250 g/mol. The fraction of sp³-hybridized carbons (Fsp3) is 0.364. The monoisotopic (exact) mass is 265 g/mol. The maximum absolute atomic E-state index is 12.3. The number of carbonyl (C=O) groups excluding carboxylic acids is 1. The lowest BCUT2D eigenvalue weighted by Crippen LogP contribution is -2.29. The molecule has 0 unspecified atom stereocenters. The summed E-state index contributed by atoms with van der Waals surface area (Å²) >= 11 is 1.51. The molecule has 0 spiro atoms. The Bertz CT molecular complexity index is 534. The molecule has 6 nitrogen and oxygen atoms in total. The van der Waals surface area contributed by atoms with Crippen molar-refractivity contribution in [2.75, 3.05) is 12.8 Å². The van der Waals surface area contributed by atoms with Gasteiger partial charge in [-0.2, -0.15) is 5.10 Å². The van der Waals surface area contributed by atoms with E-state index in [1.165, 1.54) is 17.5 Å². The lowest BCUT2D eigenvalue weighted by Gasteiger charge is -2.16. The third-order valence-electron chi connectivity index (χ3n) is 2.60. The lowest BCUT2D eigenvalue weighted by atomic mass is 10.3. The summed E-state index contributed by atoms with van der Waals surface area (Å²) < 4.78 is 1.61. The van der Waals surface area contributed by atoms with Crippen molar-refractivity contribution < 1.29 is 4.79 Å². The number of rotatable bonds is 4. The summed E-state index contributed by atoms with van der Waals surface area (Å²) in [4.78, 5) is 18.0. The maximum atomic E-state index is 12.3. The Balaban J connectivity index is 2.17. The van der Waals surface area contributed by atoms with Crippen LogP contribution in [0.3, 0.4) is 0 Å². The van der Waals surface area contributed by atoms with Crippen LogP contribution < -0.4 is 5.73 Å². The predicted molar refractivity (Wildman–Crippen MR) is 70.2 cm³/mol. The molecule has 0 bridgehead atoms. The van der Waals surface area contributed by atoms with Gasteiger partial charge in [0.25, 0.3) is 5.91 Å². The molecule has 0 aliphatic heterocycles. The number of hydrogen-bond acceptors (Lipinski definition) is 5. The predicted octanol–water partition coefficient (Wildman–Crippen LogP) is 1.21. The van der Waals surface area contributed by atoms with Gasteiger partial charge >= 0.3 is 0 Å². The number of nitrogen functional groups attached to an aromatic ring is 1. The standard InChI is InChI=1S/C11H15N5OS/c1-3-16-10(9(12)4-14-16)11(17)15(2)5-8-6-18-7-13-8/h4,6-7H,3,5,12H2,1-2H3. The molecule has 2 aromatic rings. The van der Waals surface area contributed by atoms with Crippen LogP contribution in [-0.4, -0.2) is 32.6 Å². The first-order valence-electron chi connectivity index (χ1n) is 5.57. The molecule has 7 heteroatoms. The molecule has 2 aromatic heterocycles. The quantitative estimate of drug-likeness (QED) is 0.901. The molecule has 0 atom stereocenters. The van der Waals surface area contributed by atoms with Crippen LogP contribution in [0.4, 0.5) is 5.69 Å². The topological polar surface area (TPSA) is 77.0 Å². The van der Waals surface area contributed by atoms with Crippen molar-refractivity contribution >= 4 is 22.9 Å². The summed E-state index contributed by atoms with van der Waals surface area (Å²) in [5.41, 5.74) is 9.25. The highest BCUT2D eigenvalue weighted by Gasteiger charge is 2.20. The first-order chi connectivity index (χ1) is 8.63. The second kappa shape index (κ2) is 5.18. The number of thiazole rings is 1. The fourth-order valence-electron chi connectivity index (χ4n) is 1.68. The van der Waals surface area contributed by atoms with Crippen molar-refractivity contribution in [2.24, 2.45) is 0 Å². The van der Waals surface area contributed by atoms with E-state index in [0.717, 1.165) is 5.69 Å². The van der Waals surface area contributed by atoms with Crippen LogP contribution in [0.1, 0.15) is 23.1 Å². The number of nitrogens with zero attached hydrogens (tertiary/aromatic N) is 4. The zero-order valence-electron chi connectivity index (χ0n) is 10.3. The van der Waals surface area contributed by atoms with Crippen LogP contribution in [0.25, 0.3) is 0 Å². The normalized spacial score (nSPS) is 10.6. The van der Waals surface area contributed by atoms with Crippen LogP contribution in [-0.2, 0) is 13.1 Å². The Morgan fingerprint density at radius 2 is 2.39 bits per heavy atom. The molecule has 96 valence electrons. The van der Waals surface area contributed by atoms with E-state index in [2.05, 4.69) is 10.1 Å². The Kier molecular flexibility index (Phi) is 3.61. The molecule has 0 fully saturated rings. The van der Waals surface area contributed by atoms with Gasteiger partial charge in [-0.15, -0.1) is 11.3 Å². The van der Waals surface area contributed by atoms with E-state index in [4.69, 9.17) is 5.73 Å². The SMILES string of the molecule is CCn1ncc(N)c1C(=O)N(C)Cc1cscn1. The number of nitrogens with two attached hydrogens (primary N) is 1.